The summed E-state index contributed by atoms with van der Waals surface area (Å²) in [5.41, 5.74) is 7.08. The number of ether oxygens (including phenoxy) is 1. The van der Waals surface area contributed by atoms with E-state index in [-0.39, 0.29) is 42.8 Å². The van der Waals surface area contributed by atoms with E-state index in [0.29, 0.717) is 11.6 Å². The Morgan fingerprint density at radius 3 is 2.89 bits per heavy atom. The van der Waals surface area contributed by atoms with Gasteiger partial charge in [0.1, 0.15) is 6.10 Å². The average molecular weight is 393 g/mol. The summed E-state index contributed by atoms with van der Waals surface area (Å²) < 4.78 is 7.13. The zero-order valence-electron chi connectivity index (χ0n) is 16.8. The molecule has 1 aliphatic heterocycles. The molecule has 3 rings (SSSR count). The number of rotatable bonds is 7. The Hall–Kier alpha value is -2.20. The lowest BCUT2D eigenvalue weighted by atomic mass is 9.96. The number of alkyl carbamates (subject to hydrolysis) is 1. The van der Waals surface area contributed by atoms with Crippen molar-refractivity contribution in [2.75, 3.05) is 0 Å². The third-order valence-corrected chi connectivity index (χ3v) is 5.50. The summed E-state index contributed by atoms with van der Waals surface area (Å²) >= 11 is 0. The van der Waals surface area contributed by atoms with Crippen LogP contribution in [0.25, 0.3) is 0 Å². The van der Waals surface area contributed by atoms with Gasteiger partial charge in [0.25, 0.3) is 0 Å². The summed E-state index contributed by atoms with van der Waals surface area (Å²) in [7, 11) is 1.77. The number of hydrogen-bond acceptors (Lipinski definition) is 7. The molecule has 0 spiro atoms. The van der Waals surface area contributed by atoms with E-state index in [1.807, 2.05) is 13.8 Å². The first-order valence-electron chi connectivity index (χ1n) is 10.1. The van der Waals surface area contributed by atoms with E-state index >= 15 is 0 Å². The molecule has 2 heterocycles. The number of aryl methyl sites for hydroxylation is 1. The molecule has 2 amide bonds. The van der Waals surface area contributed by atoms with Crippen molar-refractivity contribution in [2.45, 2.75) is 76.7 Å². The van der Waals surface area contributed by atoms with Crippen LogP contribution in [0.3, 0.4) is 0 Å². The lowest BCUT2D eigenvalue weighted by Gasteiger charge is -2.19. The van der Waals surface area contributed by atoms with Crippen LogP contribution >= 0.6 is 0 Å². The quantitative estimate of drug-likeness (QED) is 0.527. The van der Waals surface area contributed by atoms with Crippen molar-refractivity contribution in [3.8, 4) is 0 Å². The smallest absolute Gasteiger partial charge is 0.407 e. The van der Waals surface area contributed by atoms with Crippen LogP contribution in [0.4, 0.5) is 4.79 Å². The molecule has 1 saturated heterocycles. The molecule has 10 heteroatoms. The Balaban J connectivity index is 1.38. The number of nitrogens with zero attached hydrogens (tertiary/aromatic N) is 3. The number of carbonyl (C=O) groups excluding carboxylic acids is 2. The van der Waals surface area contributed by atoms with Gasteiger partial charge in [-0.15, -0.1) is 5.10 Å². The third-order valence-electron chi connectivity index (χ3n) is 5.50. The van der Waals surface area contributed by atoms with Crippen LogP contribution in [-0.2, 0) is 23.0 Å². The van der Waals surface area contributed by atoms with Crippen LogP contribution < -0.4 is 21.5 Å². The van der Waals surface area contributed by atoms with E-state index in [9.17, 15) is 9.59 Å². The Kier molecular flexibility index (Phi) is 6.84. The molecular formula is C18H31N7O3. The predicted molar refractivity (Wildman–Crippen MR) is 102 cm³/mol. The number of hydrogen-bond donors (Lipinski definition) is 4. The van der Waals surface area contributed by atoms with Crippen LogP contribution in [-0.4, -0.2) is 51.3 Å². The fraction of sp³-hybridized carbons (Fsp3) is 0.778. The highest BCUT2D eigenvalue weighted by Crippen LogP contribution is 2.32. The van der Waals surface area contributed by atoms with Gasteiger partial charge in [0, 0.05) is 25.3 Å². The fourth-order valence-corrected chi connectivity index (χ4v) is 3.81. The Bertz CT molecular complexity index is 680. The maximum absolute atomic E-state index is 12.2. The minimum atomic E-state index is -0.327. The fourth-order valence-electron chi connectivity index (χ4n) is 3.81. The third kappa shape index (κ3) is 5.65. The normalized spacial score (nSPS) is 28.1. The van der Waals surface area contributed by atoms with Crippen molar-refractivity contribution < 1.29 is 14.3 Å². The highest BCUT2D eigenvalue weighted by Gasteiger charge is 2.37. The first kappa shape index (κ1) is 20.5. The van der Waals surface area contributed by atoms with E-state index in [2.05, 4.69) is 31.8 Å². The summed E-state index contributed by atoms with van der Waals surface area (Å²) in [5, 5.41) is 13.6. The molecule has 1 saturated carbocycles. The summed E-state index contributed by atoms with van der Waals surface area (Å²) in [6.45, 7) is 3.99. The minimum absolute atomic E-state index is 0.0406. The lowest BCUT2D eigenvalue weighted by molar-refractivity contribution is -0.121. The van der Waals surface area contributed by atoms with Crippen molar-refractivity contribution >= 4 is 12.0 Å². The number of nitrogens with one attached hydrogen (secondary N) is 4. The Morgan fingerprint density at radius 2 is 2.18 bits per heavy atom. The standard InChI is InChI=1S/C18H31N7O3/c1-4-11(2)19-18(27)28-14-6-5-12(7-14)15-9-16(23-22-15)20-17(26)8-13-10-25(3)24-21-13/h10-12,14-16,22-23H,4-9H2,1-3H3,(H,19,27)(H,20,26)/t11-,12-,14+,15?,16?/m0/s1. The monoisotopic (exact) mass is 393 g/mol. The molecule has 4 N–H and O–H groups in total. The minimum Gasteiger partial charge on any atom is -0.446 e. The van der Waals surface area contributed by atoms with Gasteiger partial charge in [0.2, 0.25) is 5.91 Å². The second kappa shape index (κ2) is 9.33. The van der Waals surface area contributed by atoms with Crippen molar-refractivity contribution in [1.82, 2.24) is 36.5 Å². The highest BCUT2D eigenvalue weighted by atomic mass is 16.6. The van der Waals surface area contributed by atoms with E-state index in [1.165, 1.54) is 0 Å². The average Bonchev–Trinajstić information content (AvgIpc) is 3.36. The molecule has 2 fully saturated rings. The first-order valence-corrected chi connectivity index (χ1v) is 10.1. The maximum Gasteiger partial charge on any atom is 0.407 e. The van der Waals surface area contributed by atoms with Gasteiger partial charge in [-0.2, -0.15) is 0 Å². The van der Waals surface area contributed by atoms with Crippen LogP contribution in [0.15, 0.2) is 6.20 Å². The first-order chi connectivity index (χ1) is 13.4. The van der Waals surface area contributed by atoms with E-state index in [4.69, 9.17) is 4.74 Å². The van der Waals surface area contributed by atoms with E-state index < -0.39 is 0 Å². The zero-order chi connectivity index (χ0) is 20.1. The SMILES string of the molecule is CC[C@H](C)NC(=O)O[C@@H]1CC[C@H](C2CC(NC(=O)Cc3cn(C)nn3)NN2)C1. The highest BCUT2D eigenvalue weighted by molar-refractivity contribution is 5.78. The van der Waals surface area contributed by atoms with Crippen LogP contribution in [0.1, 0.15) is 51.6 Å². The van der Waals surface area contributed by atoms with E-state index in [1.54, 1.807) is 17.9 Å². The van der Waals surface area contributed by atoms with Gasteiger partial charge in [-0.05, 0) is 44.9 Å². The molecule has 10 nitrogen and oxygen atoms in total. The molecule has 28 heavy (non-hydrogen) atoms. The molecule has 1 aromatic rings. The molecule has 2 aliphatic rings. The molecular weight excluding hydrogens is 362 g/mol. The molecule has 0 bridgehead atoms. The second-order valence-corrected chi connectivity index (χ2v) is 7.87. The largest absolute Gasteiger partial charge is 0.446 e. The van der Waals surface area contributed by atoms with Gasteiger partial charge in [0.15, 0.2) is 0 Å². The van der Waals surface area contributed by atoms with Gasteiger partial charge in [-0.25, -0.2) is 10.2 Å². The Labute approximate surface area is 165 Å². The molecule has 1 aromatic heterocycles. The van der Waals surface area contributed by atoms with Crippen LogP contribution in [0, 0.1) is 5.92 Å². The number of amides is 2. The number of hydrazine groups is 1. The summed E-state index contributed by atoms with van der Waals surface area (Å²) in [4.78, 5) is 24.1. The second-order valence-electron chi connectivity index (χ2n) is 7.87. The van der Waals surface area contributed by atoms with Crippen molar-refractivity contribution in [3.05, 3.63) is 11.9 Å². The summed E-state index contributed by atoms with van der Waals surface area (Å²) in [6, 6.07) is 0.365. The summed E-state index contributed by atoms with van der Waals surface area (Å²) in [6.07, 6.45) is 5.84. The molecule has 0 aromatic carbocycles. The molecule has 0 radical (unpaired) electrons. The zero-order valence-corrected chi connectivity index (χ0v) is 16.8. The van der Waals surface area contributed by atoms with Crippen molar-refractivity contribution in [1.29, 1.82) is 0 Å². The van der Waals surface area contributed by atoms with Gasteiger partial charge in [0.05, 0.1) is 18.3 Å². The molecule has 2 unspecified atom stereocenters. The molecule has 156 valence electrons. The van der Waals surface area contributed by atoms with Gasteiger partial charge < -0.3 is 15.4 Å². The lowest BCUT2D eigenvalue weighted by Crippen LogP contribution is -2.45. The van der Waals surface area contributed by atoms with Gasteiger partial charge in [-0.1, -0.05) is 12.1 Å². The molecule has 5 atom stereocenters. The van der Waals surface area contributed by atoms with Crippen molar-refractivity contribution in [3.63, 3.8) is 0 Å². The number of carbonyl (C=O) groups is 2. The van der Waals surface area contributed by atoms with Gasteiger partial charge >= 0.3 is 6.09 Å². The van der Waals surface area contributed by atoms with Crippen LogP contribution in [0.2, 0.25) is 0 Å². The molecule has 1 aliphatic carbocycles. The number of aromatic nitrogens is 3. The maximum atomic E-state index is 12.2. The summed E-state index contributed by atoms with van der Waals surface area (Å²) in [5.74, 6) is 0.325. The topological polar surface area (TPSA) is 122 Å². The van der Waals surface area contributed by atoms with Crippen molar-refractivity contribution in [2.24, 2.45) is 13.0 Å². The Morgan fingerprint density at radius 1 is 1.36 bits per heavy atom. The van der Waals surface area contributed by atoms with E-state index in [0.717, 1.165) is 32.1 Å². The predicted octanol–water partition coefficient (Wildman–Crippen LogP) is 0.360. The van der Waals surface area contributed by atoms with Crippen LogP contribution in [0.5, 0.6) is 0 Å². The van der Waals surface area contributed by atoms with Gasteiger partial charge in [-0.3, -0.25) is 14.9 Å².